The second-order valence-electron chi connectivity index (χ2n) is 6.37. The average Bonchev–Trinajstić information content (AvgIpc) is 3.26. The highest BCUT2D eigenvalue weighted by atomic mass is 32.1. The van der Waals surface area contributed by atoms with E-state index >= 15 is 0 Å². The maximum absolute atomic E-state index is 12.5. The Balaban J connectivity index is 1.44. The fourth-order valence-electron chi connectivity index (χ4n) is 3.08. The molecule has 0 saturated heterocycles. The van der Waals surface area contributed by atoms with Gasteiger partial charge in [-0.3, -0.25) is 9.79 Å². The molecule has 0 aromatic carbocycles. The number of aryl methyl sites for hydroxylation is 1. The first kappa shape index (κ1) is 18.8. The topological polar surface area (TPSA) is 60.8 Å². The number of thiazole rings is 1. The third-order valence-electron chi connectivity index (χ3n) is 4.42. The Morgan fingerprint density at radius 3 is 3.04 bits per heavy atom. The number of fused-ring (bicyclic) bond motifs is 1. The van der Waals surface area contributed by atoms with Crippen LogP contribution in [0.4, 0.5) is 0 Å². The van der Waals surface area contributed by atoms with Crippen LogP contribution in [0.25, 0.3) is 0 Å². The molecule has 2 aromatic rings. The van der Waals surface area contributed by atoms with Gasteiger partial charge in [0.2, 0.25) is 5.91 Å². The van der Waals surface area contributed by atoms with E-state index in [1.807, 2.05) is 23.8 Å². The van der Waals surface area contributed by atoms with Crippen molar-refractivity contribution in [3.05, 3.63) is 38.0 Å². The third-order valence-corrected chi connectivity index (χ3v) is 6.27. The molecular weight excluding hydrogens is 366 g/mol. The van der Waals surface area contributed by atoms with Gasteiger partial charge in [-0.25, -0.2) is 4.98 Å². The second-order valence-corrected chi connectivity index (χ2v) is 8.44. The number of hydrogen-bond acceptors (Lipinski definition) is 5. The number of aromatic nitrogens is 1. The summed E-state index contributed by atoms with van der Waals surface area (Å²) in [4.78, 5) is 26.7. The van der Waals surface area contributed by atoms with Crippen molar-refractivity contribution in [2.45, 2.75) is 32.9 Å². The maximum Gasteiger partial charge on any atom is 0.224 e. The molecule has 0 unspecified atom stereocenters. The second kappa shape index (κ2) is 8.64. The van der Waals surface area contributed by atoms with Crippen LogP contribution in [0, 0.1) is 6.92 Å². The first-order valence-corrected chi connectivity index (χ1v) is 10.5. The molecule has 1 aliphatic heterocycles. The summed E-state index contributed by atoms with van der Waals surface area (Å²) in [5.41, 5.74) is 2.34. The molecule has 0 radical (unpaired) electrons. The van der Waals surface area contributed by atoms with Crippen LogP contribution in [-0.2, 0) is 24.3 Å². The fraction of sp³-hybridized carbons (Fsp3) is 0.500. The molecule has 1 aliphatic rings. The van der Waals surface area contributed by atoms with Crippen LogP contribution in [0.5, 0.6) is 0 Å². The number of thiophene rings is 1. The molecule has 3 rings (SSSR count). The molecule has 0 bridgehead atoms. The van der Waals surface area contributed by atoms with Gasteiger partial charge in [-0.1, -0.05) is 0 Å². The van der Waals surface area contributed by atoms with Gasteiger partial charge in [-0.05, 0) is 30.4 Å². The molecule has 1 N–H and O–H groups in total. The van der Waals surface area contributed by atoms with E-state index in [0.29, 0.717) is 19.5 Å². The Hall–Kier alpha value is -1.93. The highest BCUT2D eigenvalue weighted by molar-refractivity contribution is 7.10. The normalized spacial score (nSPS) is 14.3. The Bertz CT molecular complexity index is 782. The molecule has 0 atom stereocenters. The zero-order chi connectivity index (χ0) is 18.5. The Labute approximate surface area is 162 Å². The van der Waals surface area contributed by atoms with E-state index < -0.39 is 0 Å². The van der Waals surface area contributed by atoms with Crippen LogP contribution in [0.2, 0.25) is 0 Å². The van der Waals surface area contributed by atoms with Gasteiger partial charge in [0.25, 0.3) is 0 Å². The summed E-state index contributed by atoms with van der Waals surface area (Å²) in [6.45, 7) is 4.86. The van der Waals surface area contributed by atoms with Gasteiger partial charge in [0, 0.05) is 50.4 Å². The van der Waals surface area contributed by atoms with Crippen molar-refractivity contribution in [1.29, 1.82) is 0 Å². The molecule has 1 amide bonds. The summed E-state index contributed by atoms with van der Waals surface area (Å²) in [5.74, 6) is 0.977. The SMILES string of the molecule is CN=C(NCCC(=O)N1CCc2sccc2C1)N(C)Cc1csc(C)n1. The summed E-state index contributed by atoms with van der Waals surface area (Å²) in [6.07, 6.45) is 1.45. The number of nitrogens with zero attached hydrogens (tertiary/aromatic N) is 4. The highest BCUT2D eigenvalue weighted by Crippen LogP contribution is 2.24. The van der Waals surface area contributed by atoms with Crippen LogP contribution in [-0.4, -0.2) is 53.8 Å². The number of carbonyl (C=O) groups is 1. The van der Waals surface area contributed by atoms with Gasteiger partial charge in [0.1, 0.15) is 0 Å². The zero-order valence-electron chi connectivity index (χ0n) is 15.5. The number of carbonyl (C=O) groups excluding carboxylic acids is 1. The van der Waals surface area contributed by atoms with Crippen LogP contribution in [0.15, 0.2) is 21.8 Å². The number of guanidine groups is 1. The van der Waals surface area contributed by atoms with Crippen molar-refractivity contribution in [2.24, 2.45) is 4.99 Å². The lowest BCUT2D eigenvalue weighted by atomic mass is 10.1. The van der Waals surface area contributed by atoms with Crippen molar-refractivity contribution in [1.82, 2.24) is 20.1 Å². The highest BCUT2D eigenvalue weighted by Gasteiger charge is 2.21. The lowest BCUT2D eigenvalue weighted by Crippen LogP contribution is -2.41. The van der Waals surface area contributed by atoms with E-state index in [2.05, 4.69) is 32.1 Å². The van der Waals surface area contributed by atoms with E-state index in [4.69, 9.17) is 0 Å². The lowest BCUT2D eigenvalue weighted by Gasteiger charge is -2.27. The van der Waals surface area contributed by atoms with E-state index in [0.717, 1.165) is 36.2 Å². The largest absolute Gasteiger partial charge is 0.356 e. The Morgan fingerprint density at radius 2 is 2.31 bits per heavy atom. The van der Waals surface area contributed by atoms with Crippen LogP contribution >= 0.6 is 22.7 Å². The van der Waals surface area contributed by atoms with Gasteiger partial charge in [-0.15, -0.1) is 22.7 Å². The fourth-order valence-corrected chi connectivity index (χ4v) is 4.58. The van der Waals surface area contributed by atoms with Crippen molar-refractivity contribution in [2.75, 3.05) is 27.2 Å². The molecule has 0 spiro atoms. The van der Waals surface area contributed by atoms with Crippen LogP contribution < -0.4 is 5.32 Å². The molecule has 8 heteroatoms. The van der Waals surface area contributed by atoms with Crippen molar-refractivity contribution < 1.29 is 4.79 Å². The van der Waals surface area contributed by atoms with E-state index in [1.54, 1.807) is 29.7 Å². The molecule has 3 heterocycles. The summed E-state index contributed by atoms with van der Waals surface area (Å²) in [6, 6.07) is 2.13. The molecule has 0 saturated carbocycles. The van der Waals surface area contributed by atoms with Crippen LogP contribution in [0.1, 0.15) is 27.6 Å². The van der Waals surface area contributed by atoms with Gasteiger partial charge in [0.05, 0.1) is 17.2 Å². The van der Waals surface area contributed by atoms with Crippen molar-refractivity contribution >= 4 is 34.5 Å². The minimum atomic E-state index is 0.197. The van der Waals surface area contributed by atoms with E-state index in [-0.39, 0.29) is 5.91 Å². The summed E-state index contributed by atoms with van der Waals surface area (Å²) < 4.78 is 0. The lowest BCUT2D eigenvalue weighted by molar-refractivity contribution is -0.131. The average molecular weight is 392 g/mol. The van der Waals surface area contributed by atoms with E-state index in [1.165, 1.54) is 10.4 Å². The third kappa shape index (κ3) is 4.62. The predicted octanol–water partition coefficient (Wildman–Crippen LogP) is 2.50. The molecule has 0 fully saturated rings. The summed E-state index contributed by atoms with van der Waals surface area (Å²) in [5, 5.41) is 8.54. The molecule has 0 aliphatic carbocycles. The van der Waals surface area contributed by atoms with Crippen molar-refractivity contribution in [3.8, 4) is 0 Å². The predicted molar refractivity (Wildman–Crippen MR) is 108 cm³/mol. The first-order valence-electron chi connectivity index (χ1n) is 8.72. The van der Waals surface area contributed by atoms with Gasteiger partial charge < -0.3 is 15.1 Å². The minimum absolute atomic E-state index is 0.197. The number of hydrogen-bond donors (Lipinski definition) is 1. The van der Waals surface area contributed by atoms with Gasteiger partial charge in [-0.2, -0.15) is 0 Å². The van der Waals surface area contributed by atoms with Gasteiger partial charge >= 0.3 is 0 Å². The Morgan fingerprint density at radius 1 is 1.46 bits per heavy atom. The molecule has 6 nitrogen and oxygen atoms in total. The molecule has 26 heavy (non-hydrogen) atoms. The number of nitrogens with one attached hydrogen (secondary N) is 1. The first-order chi connectivity index (χ1) is 12.6. The number of amides is 1. The standard InChI is InChI=1S/C18H25N5OS2/c1-13-21-15(12-26-13)11-22(3)18(19-2)20-7-4-17(24)23-8-5-16-14(10-23)6-9-25-16/h6,9,12H,4-5,7-8,10-11H2,1-3H3,(H,19,20). The van der Waals surface area contributed by atoms with Crippen LogP contribution in [0.3, 0.4) is 0 Å². The smallest absolute Gasteiger partial charge is 0.224 e. The zero-order valence-corrected chi connectivity index (χ0v) is 17.1. The van der Waals surface area contributed by atoms with Crippen molar-refractivity contribution in [3.63, 3.8) is 0 Å². The summed E-state index contributed by atoms with van der Waals surface area (Å²) >= 11 is 3.44. The van der Waals surface area contributed by atoms with Gasteiger partial charge in [0.15, 0.2) is 5.96 Å². The van der Waals surface area contributed by atoms with E-state index in [9.17, 15) is 4.79 Å². The molecule has 2 aromatic heterocycles. The Kier molecular flexibility index (Phi) is 6.26. The number of rotatable bonds is 5. The number of aliphatic imine (C=N–C) groups is 1. The molecular formula is C18H25N5OS2. The molecule has 140 valence electrons. The quantitative estimate of drug-likeness (QED) is 0.628. The minimum Gasteiger partial charge on any atom is -0.356 e. The maximum atomic E-state index is 12.5. The summed E-state index contributed by atoms with van der Waals surface area (Å²) in [7, 11) is 3.74. The monoisotopic (exact) mass is 391 g/mol.